The number of ether oxygens (including phenoxy) is 3. The summed E-state index contributed by atoms with van der Waals surface area (Å²) in [7, 11) is 0. The van der Waals surface area contributed by atoms with Crippen LogP contribution in [0.2, 0.25) is 0 Å². The first-order valence-corrected chi connectivity index (χ1v) is 7.78. The average Bonchev–Trinajstić information content (AvgIpc) is 3.04. The molecule has 0 unspecified atom stereocenters. The summed E-state index contributed by atoms with van der Waals surface area (Å²) in [6.45, 7) is 4.59. The van der Waals surface area contributed by atoms with Gasteiger partial charge in [0, 0.05) is 24.5 Å². The maximum absolute atomic E-state index is 12.4. The first-order valence-electron chi connectivity index (χ1n) is 7.78. The van der Waals surface area contributed by atoms with Crippen LogP contribution in [0.4, 0.5) is 0 Å². The van der Waals surface area contributed by atoms with Crippen molar-refractivity contribution in [3.05, 3.63) is 40.8 Å². The van der Waals surface area contributed by atoms with Gasteiger partial charge in [-0.15, -0.1) is 0 Å². The number of nitrogens with zero attached hydrogens (tertiary/aromatic N) is 1. The molecule has 22 heavy (non-hydrogen) atoms. The molecule has 5 heteroatoms. The lowest BCUT2D eigenvalue weighted by Gasteiger charge is -2.13. The number of aryl methyl sites for hydroxylation is 1. The van der Waals surface area contributed by atoms with Gasteiger partial charge in [0.1, 0.15) is 5.75 Å². The Hall–Kier alpha value is -1.85. The minimum atomic E-state index is -0.170. The van der Waals surface area contributed by atoms with Crippen molar-refractivity contribution in [1.29, 1.82) is 0 Å². The fourth-order valence-electron chi connectivity index (χ4n) is 2.67. The Labute approximate surface area is 129 Å². The Kier molecular flexibility index (Phi) is 4.75. The highest BCUT2D eigenvalue weighted by Gasteiger charge is 2.16. The van der Waals surface area contributed by atoms with Gasteiger partial charge in [-0.05, 0) is 24.6 Å². The van der Waals surface area contributed by atoms with Gasteiger partial charge in [0.25, 0.3) is 5.56 Å². The number of aromatic nitrogens is 1. The van der Waals surface area contributed by atoms with Gasteiger partial charge >= 0.3 is 0 Å². The first-order chi connectivity index (χ1) is 10.8. The third-order valence-corrected chi connectivity index (χ3v) is 3.74. The Morgan fingerprint density at radius 1 is 1.23 bits per heavy atom. The lowest BCUT2D eigenvalue weighted by Crippen LogP contribution is -2.19. The van der Waals surface area contributed by atoms with Crippen LogP contribution < -0.4 is 10.3 Å². The van der Waals surface area contributed by atoms with Crippen molar-refractivity contribution >= 4 is 10.8 Å². The molecule has 1 aliphatic rings. The molecular weight excluding hydrogens is 282 g/mol. The molecule has 0 spiro atoms. The zero-order valence-corrected chi connectivity index (χ0v) is 12.8. The Bertz CT molecular complexity index is 689. The lowest BCUT2D eigenvalue weighted by molar-refractivity contribution is -0.0530. The van der Waals surface area contributed by atoms with Crippen LogP contribution in [0, 0.1) is 0 Å². The van der Waals surface area contributed by atoms with Crippen molar-refractivity contribution < 1.29 is 14.2 Å². The fourth-order valence-corrected chi connectivity index (χ4v) is 2.67. The van der Waals surface area contributed by atoms with E-state index in [2.05, 4.69) is 6.92 Å². The molecule has 0 bridgehead atoms. The van der Waals surface area contributed by atoms with E-state index in [0.717, 1.165) is 24.1 Å². The van der Waals surface area contributed by atoms with Crippen LogP contribution in [0.25, 0.3) is 10.8 Å². The van der Waals surface area contributed by atoms with E-state index in [1.165, 1.54) is 0 Å². The minimum Gasteiger partial charge on any atom is -0.493 e. The van der Waals surface area contributed by atoms with E-state index < -0.39 is 0 Å². The molecule has 1 aromatic carbocycles. The first kappa shape index (κ1) is 15.1. The van der Waals surface area contributed by atoms with E-state index in [9.17, 15) is 4.79 Å². The molecule has 0 aliphatic carbocycles. The monoisotopic (exact) mass is 303 g/mol. The molecule has 5 nitrogen and oxygen atoms in total. The molecule has 0 radical (unpaired) electrons. The van der Waals surface area contributed by atoms with E-state index >= 15 is 0 Å². The highest BCUT2D eigenvalue weighted by atomic mass is 16.7. The van der Waals surface area contributed by atoms with E-state index in [-0.39, 0.29) is 11.8 Å². The summed E-state index contributed by atoms with van der Waals surface area (Å²) in [5, 5.41) is 1.55. The topological polar surface area (TPSA) is 49.7 Å². The summed E-state index contributed by atoms with van der Waals surface area (Å²) in [6.07, 6.45) is 3.29. The van der Waals surface area contributed by atoms with E-state index in [4.69, 9.17) is 14.2 Å². The van der Waals surface area contributed by atoms with E-state index in [1.807, 2.05) is 30.5 Å². The van der Waals surface area contributed by atoms with Crippen LogP contribution in [0.1, 0.15) is 19.8 Å². The number of rotatable bonds is 6. The standard InChI is InChI=1S/C17H21NO4/c1-2-8-18-9-6-13-14(17(18)19)4-3-5-15(13)20-10-7-16-21-11-12-22-16/h3-6,9,16H,2,7-8,10-12H2,1H3. The summed E-state index contributed by atoms with van der Waals surface area (Å²) in [5.74, 6) is 0.733. The molecule has 0 amide bonds. The van der Waals surface area contributed by atoms with Crippen molar-refractivity contribution in [1.82, 2.24) is 4.57 Å². The molecule has 2 heterocycles. The van der Waals surface area contributed by atoms with Crippen LogP contribution >= 0.6 is 0 Å². The number of hydrogen-bond donors (Lipinski definition) is 0. The second-order valence-corrected chi connectivity index (χ2v) is 5.34. The zero-order valence-electron chi connectivity index (χ0n) is 12.8. The normalized spacial score (nSPS) is 15.5. The van der Waals surface area contributed by atoms with E-state index in [0.29, 0.717) is 31.6 Å². The van der Waals surface area contributed by atoms with Gasteiger partial charge in [0.05, 0.1) is 25.2 Å². The smallest absolute Gasteiger partial charge is 0.258 e. The number of pyridine rings is 1. The van der Waals surface area contributed by atoms with Gasteiger partial charge in [-0.3, -0.25) is 4.79 Å². The molecule has 0 atom stereocenters. The molecule has 0 saturated carbocycles. The number of benzene rings is 1. The molecular formula is C17H21NO4. The molecule has 0 N–H and O–H groups in total. The van der Waals surface area contributed by atoms with Crippen LogP contribution in [-0.2, 0) is 16.0 Å². The second kappa shape index (κ2) is 6.94. The van der Waals surface area contributed by atoms with Crippen molar-refractivity contribution in [2.75, 3.05) is 19.8 Å². The second-order valence-electron chi connectivity index (χ2n) is 5.34. The quantitative estimate of drug-likeness (QED) is 0.823. The average molecular weight is 303 g/mol. The molecule has 2 aromatic rings. The van der Waals surface area contributed by atoms with Crippen LogP contribution in [0.3, 0.4) is 0 Å². The largest absolute Gasteiger partial charge is 0.493 e. The molecule has 1 aromatic heterocycles. The Morgan fingerprint density at radius 3 is 2.82 bits per heavy atom. The summed E-state index contributed by atoms with van der Waals surface area (Å²) >= 11 is 0. The molecule has 1 saturated heterocycles. The predicted octanol–water partition coefficient (Wildman–Crippen LogP) is 2.55. The van der Waals surface area contributed by atoms with Gasteiger partial charge in [-0.2, -0.15) is 0 Å². The maximum Gasteiger partial charge on any atom is 0.258 e. The van der Waals surface area contributed by atoms with Crippen LogP contribution in [0.5, 0.6) is 5.75 Å². The minimum absolute atomic E-state index is 0.0345. The molecule has 1 fully saturated rings. The predicted molar refractivity (Wildman–Crippen MR) is 84.3 cm³/mol. The lowest BCUT2D eigenvalue weighted by atomic mass is 10.1. The SMILES string of the molecule is CCCn1ccc2c(OCCC3OCCO3)cccc2c1=O. The highest BCUT2D eigenvalue weighted by Crippen LogP contribution is 2.23. The third-order valence-electron chi connectivity index (χ3n) is 3.74. The van der Waals surface area contributed by atoms with Crippen molar-refractivity contribution in [3.8, 4) is 5.75 Å². The number of hydrogen-bond acceptors (Lipinski definition) is 4. The summed E-state index contributed by atoms with van der Waals surface area (Å²) < 4.78 is 18.3. The van der Waals surface area contributed by atoms with Crippen LogP contribution in [0.15, 0.2) is 35.3 Å². The van der Waals surface area contributed by atoms with E-state index in [1.54, 1.807) is 4.57 Å². The van der Waals surface area contributed by atoms with Crippen LogP contribution in [-0.4, -0.2) is 30.7 Å². The Morgan fingerprint density at radius 2 is 2.05 bits per heavy atom. The molecule has 118 valence electrons. The zero-order chi connectivity index (χ0) is 15.4. The summed E-state index contributed by atoms with van der Waals surface area (Å²) in [4.78, 5) is 12.4. The van der Waals surface area contributed by atoms with Crippen molar-refractivity contribution in [2.45, 2.75) is 32.6 Å². The third kappa shape index (κ3) is 3.15. The van der Waals surface area contributed by atoms with Gasteiger partial charge in [-0.25, -0.2) is 0 Å². The fraction of sp³-hybridized carbons (Fsp3) is 0.471. The molecule has 1 aliphatic heterocycles. The number of fused-ring (bicyclic) bond motifs is 1. The van der Waals surface area contributed by atoms with Crippen molar-refractivity contribution in [3.63, 3.8) is 0 Å². The highest BCUT2D eigenvalue weighted by molar-refractivity contribution is 5.87. The maximum atomic E-state index is 12.4. The Balaban J connectivity index is 1.77. The van der Waals surface area contributed by atoms with Gasteiger partial charge in [0.2, 0.25) is 0 Å². The van der Waals surface area contributed by atoms with Gasteiger partial charge in [0.15, 0.2) is 6.29 Å². The summed E-state index contributed by atoms with van der Waals surface area (Å²) in [5.41, 5.74) is 0.0345. The van der Waals surface area contributed by atoms with Gasteiger partial charge in [-0.1, -0.05) is 13.0 Å². The van der Waals surface area contributed by atoms with Crippen molar-refractivity contribution in [2.24, 2.45) is 0 Å². The summed E-state index contributed by atoms with van der Waals surface area (Å²) in [6, 6.07) is 7.55. The molecule has 3 rings (SSSR count). The van der Waals surface area contributed by atoms with Gasteiger partial charge < -0.3 is 18.8 Å².